The lowest BCUT2D eigenvalue weighted by Crippen LogP contribution is -2.46. The van der Waals surface area contributed by atoms with E-state index in [0.717, 1.165) is 18.4 Å². The van der Waals surface area contributed by atoms with Gasteiger partial charge in [-0.15, -0.1) is 0 Å². The Hall–Kier alpha value is -1.17. The van der Waals surface area contributed by atoms with E-state index in [1.54, 1.807) is 12.1 Å². The van der Waals surface area contributed by atoms with Gasteiger partial charge in [0.25, 0.3) is 5.69 Å². The van der Waals surface area contributed by atoms with Crippen LogP contribution in [0.2, 0.25) is 5.02 Å². The van der Waals surface area contributed by atoms with Crippen LogP contribution in [-0.4, -0.2) is 35.0 Å². The van der Waals surface area contributed by atoms with E-state index in [2.05, 4.69) is 17.3 Å². The maximum absolute atomic E-state index is 11.2. The quantitative estimate of drug-likeness (QED) is 0.686. The molecule has 0 spiro atoms. The number of nitro groups is 1. The maximum atomic E-state index is 11.2. The molecule has 2 saturated heterocycles. The van der Waals surface area contributed by atoms with Gasteiger partial charge in [0.2, 0.25) is 0 Å². The van der Waals surface area contributed by atoms with Crippen LogP contribution in [0.3, 0.4) is 0 Å². The van der Waals surface area contributed by atoms with E-state index in [0.29, 0.717) is 29.7 Å². The molecular formula is C15H20ClN3O2. The number of rotatable bonds is 4. The van der Waals surface area contributed by atoms with Crippen molar-refractivity contribution >= 4 is 17.3 Å². The van der Waals surface area contributed by atoms with Gasteiger partial charge >= 0.3 is 0 Å². The minimum Gasteiger partial charge on any atom is -0.311 e. The number of nitrogens with one attached hydrogen (secondary N) is 1. The van der Waals surface area contributed by atoms with E-state index < -0.39 is 0 Å². The average molecular weight is 310 g/mol. The summed E-state index contributed by atoms with van der Waals surface area (Å²) in [5.74, 6) is 0. The average Bonchev–Trinajstić information content (AvgIpc) is 2.79. The first-order chi connectivity index (χ1) is 10.0. The molecule has 2 bridgehead atoms. The molecule has 1 N–H and O–H groups in total. The van der Waals surface area contributed by atoms with Gasteiger partial charge in [-0.05, 0) is 44.9 Å². The highest BCUT2D eigenvalue weighted by molar-refractivity contribution is 6.30. The molecule has 1 aromatic rings. The van der Waals surface area contributed by atoms with Gasteiger partial charge in [-0.25, -0.2) is 0 Å². The van der Waals surface area contributed by atoms with Crippen molar-refractivity contribution in [1.82, 2.24) is 10.2 Å². The highest BCUT2D eigenvalue weighted by Crippen LogP contribution is 2.31. The first kappa shape index (κ1) is 14.8. The topological polar surface area (TPSA) is 58.4 Å². The number of nitrogens with zero attached hydrogens (tertiary/aromatic N) is 2. The number of benzene rings is 1. The number of hydrogen-bond acceptors (Lipinski definition) is 4. The van der Waals surface area contributed by atoms with Gasteiger partial charge in [0.1, 0.15) is 0 Å². The molecule has 0 amide bonds. The van der Waals surface area contributed by atoms with E-state index in [1.807, 2.05) is 0 Å². The van der Waals surface area contributed by atoms with Gasteiger partial charge in [0.15, 0.2) is 0 Å². The highest BCUT2D eigenvalue weighted by Gasteiger charge is 2.35. The van der Waals surface area contributed by atoms with E-state index >= 15 is 0 Å². The number of fused-ring (bicyclic) bond motifs is 2. The summed E-state index contributed by atoms with van der Waals surface area (Å²) in [7, 11) is 2.06. The van der Waals surface area contributed by atoms with E-state index in [4.69, 9.17) is 11.6 Å². The van der Waals surface area contributed by atoms with Gasteiger partial charge in [-0.1, -0.05) is 11.6 Å². The standard InChI is InChI=1S/C15H20ClN3O2/c1-18(14-7-12-4-5-13(8-14)17-12)9-10-2-3-11(16)6-15(10)19(20)21/h2-3,6,12-14,17H,4-5,7-9H2,1H3. The Labute approximate surface area is 129 Å². The molecule has 114 valence electrons. The normalized spacial score (nSPS) is 28.0. The lowest BCUT2D eigenvalue weighted by molar-refractivity contribution is -0.385. The van der Waals surface area contributed by atoms with Gasteiger partial charge in [-0.2, -0.15) is 0 Å². The smallest absolute Gasteiger partial charge is 0.275 e. The maximum Gasteiger partial charge on any atom is 0.275 e. The van der Waals surface area contributed by atoms with Crippen LogP contribution in [0.5, 0.6) is 0 Å². The second-order valence-electron chi connectivity index (χ2n) is 6.21. The molecule has 6 heteroatoms. The van der Waals surface area contributed by atoms with Crippen molar-refractivity contribution in [2.45, 2.75) is 50.4 Å². The summed E-state index contributed by atoms with van der Waals surface area (Å²) in [5, 5.41) is 15.2. The van der Waals surface area contributed by atoms with Crippen LogP contribution < -0.4 is 5.32 Å². The third-order valence-electron chi connectivity index (χ3n) is 4.74. The summed E-state index contributed by atoms with van der Waals surface area (Å²) in [6, 6.07) is 6.68. The lowest BCUT2D eigenvalue weighted by Gasteiger charge is -2.35. The van der Waals surface area contributed by atoms with Crippen LogP contribution in [-0.2, 0) is 6.54 Å². The fourth-order valence-electron chi connectivity index (χ4n) is 3.63. The van der Waals surface area contributed by atoms with Gasteiger partial charge in [0, 0.05) is 41.3 Å². The molecule has 0 aliphatic carbocycles. The molecule has 2 heterocycles. The minimum atomic E-state index is -0.346. The first-order valence-corrected chi connectivity index (χ1v) is 7.80. The first-order valence-electron chi connectivity index (χ1n) is 7.42. The number of nitro benzene ring substituents is 1. The van der Waals surface area contributed by atoms with Crippen molar-refractivity contribution in [2.24, 2.45) is 0 Å². The zero-order valence-corrected chi connectivity index (χ0v) is 12.8. The van der Waals surface area contributed by atoms with E-state index in [-0.39, 0.29) is 10.6 Å². The molecule has 1 aromatic carbocycles. The molecule has 0 aromatic heterocycles. The SMILES string of the molecule is CN(Cc1ccc(Cl)cc1[N+](=O)[O-])C1CC2CCC(C1)N2. The molecule has 21 heavy (non-hydrogen) atoms. The molecule has 0 radical (unpaired) electrons. The summed E-state index contributed by atoms with van der Waals surface area (Å²) < 4.78 is 0. The number of piperidine rings is 1. The number of hydrogen-bond donors (Lipinski definition) is 1. The van der Waals surface area contributed by atoms with E-state index in [9.17, 15) is 10.1 Å². The Morgan fingerprint density at radius 1 is 1.38 bits per heavy atom. The van der Waals surface area contributed by atoms with Crippen molar-refractivity contribution in [1.29, 1.82) is 0 Å². The van der Waals surface area contributed by atoms with Gasteiger partial charge in [-0.3, -0.25) is 15.0 Å². The van der Waals surface area contributed by atoms with Crippen molar-refractivity contribution in [2.75, 3.05) is 7.05 Å². The van der Waals surface area contributed by atoms with Crippen LogP contribution in [0, 0.1) is 10.1 Å². The molecule has 5 nitrogen and oxygen atoms in total. The van der Waals surface area contributed by atoms with Crippen LogP contribution in [0.25, 0.3) is 0 Å². The van der Waals surface area contributed by atoms with Crippen molar-refractivity contribution in [3.63, 3.8) is 0 Å². The van der Waals surface area contributed by atoms with Crippen LogP contribution in [0.1, 0.15) is 31.2 Å². The fourth-order valence-corrected chi connectivity index (χ4v) is 3.79. The van der Waals surface area contributed by atoms with Crippen molar-refractivity contribution < 1.29 is 4.92 Å². The van der Waals surface area contributed by atoms with Gasteiger partial charge < -0.3 is 5.32 Å². The predicted octanol–water partition coefficient (Wildman–Crippen LogP) is 2.96. The fraction of sp³-hybridized carbons (Fsp3) is 0.600. The molecule has 2 atom stereocenters. The summed E-state index contributed by atoms with van der Waals surface area (Å²) in [4.78, 5) is 13.1. The molecule has 2 aliphatic heterocycles. The molecule has 3 rings (SSSR count). The third-order valence-corrected chi connectivity index (χ3v) is 4.97. The Morgan fingerprint density at radius 2 is 2.05 bits per heavy atom. The molecular weight excluding hydrogens is 290 g/mol. The Bertz CT molecular complexity index is 540. The summed E-state index contributed by atoms with van der Waals surface area (Å²) in [6.45, 7) is 0.595. The van der Waals surface area contributed by atoms with Crippen LogP contribution >= 0.6 is 11.6 Å². The Morgan fingerprint density at radius 3 is 2.67 bits per heavy atom. The molecule has 2 unspecified atom stereocenters. The van der Waals surface area contributed by atoms with Crippen LogP contribution in [0.4, 0.5) is 5.69 Å². The second-order valence-corrected chi connectivity index (χ2v) is 6.64. The van der Waals surface area contributed by atoms with Crippen molar-refractivity contribution in [3.05, 3.63) is 38.9 Å². The third kappa shape index (κ3) is 3.20. The lowest BCUT2D eigenvalue weighted by atomic mass is 9.98. The molecule has 2 fully saturated rings. The Balaban J connectivity index is 1.72. The molecule has 0 saturated carbocycles. The number of halogens is 1. The Kier molecular flexibility index (Phi) is 4.15. The van der Waals surface area contributed by atoms with Crippen LogP contribution in [0.15, 0.2) is 18.2 Å². The molecule has 2 aliphatic rings. The van der Waals surface area contributed by atoms with Gasteiger partial charge in [0.05, 0.1) is 4.92 Å². The van der Waals surface area contributed by atoms with E-state index in [1.165, 1.54) is 18.9 Å². The summed E-state index contributed by atoms with van der Waals surface area (Å²) in [6.07, 6.45) is 4.79. The second kappa shape index (κ2) is 5.91. The predicted molar refractivity (Wildman–Crippen MR) is 82.5 cm³/mol. The summed E-state index contributed by atoms with van der Waals surface area (Å²) >= 11 is 5.87. The highest BCUT2D eigenvalue weighted by atomic mass is 35.5. The monoisotopic (exact) mass is 309 g/mol. The largest absolute Gasteiger partial charge is 0.311 e. The van der Waals surface area contributed by atoms with Crippen molar-refractivity contribution in [3.8, 4) is 0 Å². The zero-order chi connectivity index (χ0) is 15.0. The zero-order valence-electron chi connectivity index (χ0n) is 12.1. The summed E-state index contributed by atoms with van der Waals surface area (Å²) in [5.41, 5.74) is 0.851. The minimum absolute atomic E-state index is 0.117.